The zero-order valence-corrected chi connectivity index (χ0v) is 19.5. The summed E-state index contributed by atoms with van der Waals surface area (Å²) in [5.41, 5.74) is 0.347. The minimum atomic E-state index is -0.347. The van der Waals surface area contributed by atoms with Crippen LogP contribution in [0.1, 0.15) is 66.9 Å². The number of carbonyl (C=O) groups excluding carboxylic acids is 1. The topological polar surface area (TPSA) is 61.4 Å². The number of nitrogens with zero attached hydrogens (tertiary/aromatic N) is 4. The fourth-order valence-electron chi connectivity index (χ4n) is 5.32. The second-order valence-corrected chi connectivity index (χ2v) is 10.6. The molecule has 2 aromatic heterocycles. The fourth-order valence-corrected chi connectivity index (χ4v) is 6.20. The van der Waals surface area contributed by atoms with Gasteiger partial charge >= 0.3 is 0 Å². The molecule has 8 heteroatoms. The van der Waals surface area contributed by atoms with Gasteiger partial charge in [-0.2, -0.15) is 0 Å². The van der Waals surface area contributed by atoms with Crippen LogP contribution in [0.5, 0.6) is 0 Å². The van der Waals surface area contributed by atoms with Crippen molar-refractivity contribution < 1.29 is 9.18 Å². The molecule has 1 unspecified atom stereocenters. The first-order chi connectivity index (χ1) is 15.6. The Morgan fingerprint density at radius 3 is 2.72 bits per heavy atom. The second-order valence-electron chi connectivity index (χ2n) is 9.52. The van der Waals surface area contributed by atoms with E-state index in [4.69, 9.17) is 0 Å². The van der Waals surface area contributed by atoms with E-state index in [1.54, 1.807) is 18.5 Å². The number of nitrogens with one attached hydrogen (secondary N) is 1. The molecule has 3 aliphatic rings. The molecule has 32 heavy (non-hydrogen) atoms. The summed E-state index contributed by atoms with van der Waals surface area (Å²) in [6.45, 7) is 5.95. The summed E-state index contributed by atoms with van der Waals surface area (Å²) in [6.07, 6.45) is 10.9. The van der Waals surface area contributed by atoms with Crippen LogP contribution < -0.4 is 5.32 Å². The van der Waals surface area contributed by atoms with Crippen LogP contribution in [0.4, 0.5) is 9.52 Å². The highest BCUT2D eigenvalue weighted by Gasteiger charge is 2.37. The van der Waals surface area contributed by atoms with Gasteiger partial charge in [0.1, 0.15) is 10.7 Å². The van der Waals surface area contributed by atoms with E-state index in [9.17, 15) is 9.18 Å². The van der Waals surface area contributed by atoms with E-state index in [-0.39, 0.29) is 17.8 Å². The van der Waals surface area contributed by atoms with Gasteiger partial charge in [-0.25, -0.2) is 9.37 Å². The van der Waals surface area contributed by atoms with Gasteiger partial charge < -0.3 is 10.2 Å². The fraction of sp³-hybridized carbons (Fsp3) is 0.625. The quantitative estimate of drug-likeness (QED) is 0.688. The summed E-state index contributed by atoms with van der Waals surface area (Å²) in [7, 11) is 0. The Morgan fingerprint density at radius 2 is 1.97 bits per heavy atom. The van der Waals surface area contributed by atoms with Crippen molar-refractivity contribution in [1.82, 2.24) is 19.8 Å². The van der Waals surface area contributed by atoms with Gasteiger partial charge in [0, 0.05) is 31.9 Å². The number of thiazole rings is 1. The van der Waals surface area contributed by atoms with Crippen LogP contribution in [0.2, 0.25) is 0 Å². The Hall–Kier alpha value is -2.06. The molecule has 3 fully saturated rings. The lowest BCUT2D eigenvalue weighted by Crippen LogP contribution is -2.49. The van der Waals surface area contributed by atoms with Crippen molar-refractivity contribution in [2.45, 2.75) is 57.5 Å². The van der Waals surface area contributed by atoms with E-state index in [1.165, 1.54) is 56.2 Å². The monoisotopic (exact) mass is 457 g/mol. The van der Waals surface area contributed by atoms with Crippen molar-refractivity contribution in [3.8, 4) is 0 Å². The predicted octanol–water partition coefficient (Wildman–Crippen LogP) is 4.58. The maximum absolute atomic E-state index is 14.0. The molecule has 1 amide bonds. The number of hydrogen-bond acceptors (Lipinski definition) is 6. The molecule has 2 aliphatic heterocycles. The minimum Gasteiger partial charge on any atom is -0.353 e. The second kappa shape index (κ2) is 9.43. The number of pyridine rings is 1. The highest BCUT2D eigenvalue weighted by Crippen LogP contribution is 2.41. The van der Waals surface area contributed by atoms with Crippen LogP contribution in [-0.4, -0.2) is 57.9 Å². The predicted molar refractivity (Wildman–Crippen MR) is 124 cm³/mol. The molecule has 0 aromatic carbocycles. The zero-order valence-electron chi connectivity index (χ0n) is 18.7. The first kappa shape index (κ1) is 21.8. The molecule has 1 aliphatic carbocycles. The standard InChI is InChI=1S/C24H32FN5OS/c1-16(22-20(25)5-2-10-26-22)28-24-27-14-21(32-24)23(31)29-12-8-19(9-13-29)30-11-3-4-18(15-30)17-6-7-17/h2,5,10,14,16-19H,3-4,6-9,11-13,15H2,1H3,(H,27,28)/t16-,18?/m0/s1. The number of halogens is 1. The van der Waals surface area contributed by atoms with E-state index in [2.05, 4.69) is 20.2 Å². The van der Waals surface area contributed by atoms with Crippen molar-refractivity contribution in [3.05, 3.63) is 40.9 Å². The number of aromatic nitrogens is 2. The summed E-state index contributed by atoms with van der Waals surface area (Å²) in [5.74, 6) is 1.61. The van der Waals surface area contributed by atoms with Gasteiger partial charge in [0.25, 0.3) is 5.91 Å². The van der Waals surface area contributed by atoms with Crippen LogP contribution in [-0.2, 0) is 0 Å². The maximum Gasteiger partial charge on any atom is 0.265 e. The van der Waals surface area contributed by atoms with Crippen molar-refractivity contribution in [3.63, 3.8) is 0 Å². The Kier molecular flexibility index (Phi) is 6.42. The number of amides is 1. The lowest BCUT2D eigenvalue weighted by atomic mass is 9.90. The molecule has 4 heterocycles. The van der Waals surface area contributed by atoms with Crippen LogP contribution in [0.3, 0.4) is 0 Å². The van der Waals surface area contributed by atoms with E-state index < -0.39 is 0 Å². The Bertz CT molecular complexity index is 940. The summed E-state index contributed by atoms with van der Waals surface area (Å²) in [5, 5.41) is 3.78. The molecule has 1 saturated carbocycles. The van der Waals surface area contributed by atoms with E-state index in [0.717, 1.165) is 37.8 Å². The molecule has 0 bridgehead atoms. The lowest BCUT2D eigenvalue weighted by Gasteiger charge is -2.42. The van der Waals surface area contributed by atoms with Crippen molar-refractivity contribution in [1.29, 1.82) is 0 Å². The molecule has 1 N–H and O–H groups in total. The van der Waals surface area contributed by atoms with Crippen LogP contribution >= 0.6 is 11.3 Å². The van der Waals surface area contributed by atoms with Crippen molar-refractivity contribution in [2.75, 3.05) is 31.5 Å². The van der Waals surface area contributed by atoms with Crippen molar-refractivity contribution >= 4 is 22.4 Å². The molecule has 0 spiro atoms. The molecule has 172 valence electrons. The number of carbonyl (C=O) groups is 1. The highest BCUT2D eigenvalue weighted by atomic mass is 32.1. The number of anilines is 1. The van der Waals surface area contributed by atoms with Gasteiger partial charge in [-0.1, -0.05) is 11.3 Å². The molecule has 2 aromatic rings. The van der Waals surface area contributed by atoms with Gasteiger partial charge in [-0.15, -0.1) is 0 Å². The first-order valence-electron chi connectivity index (χ1n) is 11.9. The van der Waals surface area contributed by atoms with Gasteiger partial charge in [0.15, 0.2) is 5.13 Å². The Labute approximate surface area is 193 Å². The third-order valence-electron chi connectivity index (χ3n) is 7.30. The zero-order chi connectivity index (χ0) is 22.1. The largest absolute Gasteiger partial charge is 0.353 e. The maximum atomic E-state index is 14.0. The number of likely N-dealkylation sites (tertiary alicyclic amines) is 2. The highest BCUT2D eigenvalue weighted by molar-refractivity contribution is 7.17. The summed E-state index contributed by atoms with van der Waals surface area (Å²) in [4.78, 5) is 26.8. The molecule has 0 radical (unpaired) electrons. The Morgan fingerprint density at radius 1 is 1.16 bits per heavy atom. The lowest BCUT2D eigenvalue weighted by molar-refractivity contribution is 0.0513. The number of rotatable bonds is 6. The van der Waals surface area contributed by atoms with Crippen LogP contribution in [0.25, 0.3) is 0 Å². The first-order valence-corrected chi connectivity index (χ1v) is 12.8. The molecular weight excluding hydrogens is 425 g/mol. The van der Waals surface area contributed by atoms with Gasteiger partial charge in [-0.3, -0.25) is 14.7 Å². The number of hydrogen-bond donors (Lipinski definition) is 1. The molecule has 2 atom stereocenters. The smallest absolute Gasteiger partial charge is 0.265 e. The van der Waals surface area contributed by atoms with Gasteiger partial charge in [-0.05, 0) is 76.0 Å². The Balaban J connectivity index is 1.14. The summed E-state index contributed by atoms with van der Waals surface area (Å²) >= 11 is 1.33. The van der Waals surface area contributed by atoms with Gasteiger partial charge in [0.05, 0.1) is 17.9 Å². The molecular formula is C24H32FN5OS. The van der Waals surface area contributed by atoms with E-state index in [0.29, 0.717) is 21.7 Å². The minimum absolute atomic E-state index is 0.0557. The average Bonchev–Trinajstić information content (AvgIpc) is 3.58. The number of piperidine rings is 2. The SMILES string of the molecule is C[C@H](Nc1ncc(C(=O)N2CCC(N3CCCC(C4CC4)C3)CC2)s1)c1ncccc1F. The molecule has 2 saturated heterocycles. The summed E-state index contributed by atoms with van der Waals surface area (Å²) < 4.78 is 14.0. The third kappa shape index (κ3) is 4.81. The normalized spacial score (nSPS) is 23.8. The average molecular weight is 458 g/mol. The third-order valence-corrected chi connectivity index (χ3v) is 8.22. The molecule has 6 nitrogen and oxygen atoms in total. The summed E-state index contributed by atoms with van der Waals surface area (Å²) in [6, 6.07) is 3.26. The molecule has 5 rings (SSSR count). The van der Waals surface area contributed by atoms with Crippen molar-refractivity contribution in [2.24, 2.45) is 11.8 Å². The van der Waals surface area contributed by atoms with Crippen LogP contribution in [0, 0.1) is 17.7 Å². The van der Waals surface area contributed by atoms with Gasteiger partial charge in [0.2, 0.25) is 0 Å². The van der Waals surface area contributed by atoms with E-state index in [1.807, 2.05) is 11.8 Å². The van der Waals surface area contributed by atoms with Crippen LogP contribution in [0.15, 0.2) is 24.5 Å². The van der Waals surface area contributed by atoms with E-state index >= 15 is 0 Å².